The number of hydrogen-bond acceptors (Lipinski definition) is 6. The molecule has 2 unspecified atom stereocenters. The summed E-state index contributed by atoms with van der Waals surface area (Å²) in [6.45, 7) is 3.36. The summed E-state index contributed by atoms with van der Waals surface area (Å²) >= 11 is 0. The van der Waals surface area contributed by atoms with Gasteiger partial charge in [0.1, 0.15) is 24.3 Å². The molecule has 3 aromatic rings. The fourth-order valence-electron chi connectivity index (χ4n) is 5.99. The molecule has 0 spiro atoms. The van der Waals surface area contributed by atoms with E-state index < -0.39 is 32.0 Å². The normalized spacial score (nSPS) is 31.3. The second-order valence-corrected chi connectivity index (χ2v) is 12.3. The summed E-state index contributed by atoms with van der Waals surface area (Å²) in [5.41, 5.74) is 1.03. The van der Waals surface area contributed by atoms with E-state index in [1.165, 1.54) is 12.1 Å². The number of benzene rings is 2. The lowest BCUT2D eigenvalue weighted by Crippen LogP contribution is -2.53. The molecule has 6 rings (SSSR count). The molecule has 3 aliphatic rings. The van der Waals surface area contributed by atoms with Crippen LogP contribution in [0.4, 0.5) is 14.5 Å². The molecule has 7 nitrogen and oxygen atoms in total. The van der Waals surface area contributed by atoms with Gasteiger partial charge >= 0.3 is 0 Å². The van der Waals surface area contributed by atoms with E-state index in [1.54, 1.807) is 31.7 Å². The van der Waals surface area contributed by atoms with E-state index in [0.29, 0.717) is 43.1 Å². The number of halogens is 2. The quantitative estimate of drug-likeness (QED) is 0.582. The Labute approximate surface area is 203 Å². The molecule has 0 radical (unpaired) electrons. The predicted octanol–water partition coefficient (Wildman–Crippen LogP) is 2.92. The number of nitrogens with zero attached hydrogens (tertiary/aromatic N) is 4. The Hall–Kier alpha value is -2.85. The molecule has 3 heterocycles. The zero-order valence-electron chi connectivity index (χ0n) is 19.3. The number of fused-ring (bicyclic) bond motifs is 1. The molecule has 1 aromatic heterocycles. The minimum absolute atomic E-state index is 0.0795. The van der Waals surface area contributed by atoms with Crippen molar-refractivity contribution in [3.05, 3.63) is 77.9 Å². The van der Waals surface area contributed by atoms with E-state index >= 15 is 8.78 Å². The molecule has 2 aromatic carbocycles. The van der Waals surface area contributed by atoms with Crippen LogP contribution in [0, 0.1) is 23.5 Å². The topological polar surface area (TPSA) is 80.1 Å². The second-order valence-electron chi connectivity index (χ2n) is 9.96. The van der Waals surface area contributed by atoms with E-state index in [2.05, 4.69) is 15.5 Å². The zero-order chi connectivity index (χ0) is 24.3. The average Bonchev–Trinajstić information content (AvgIpc) is 3.21. The molecule has 3 fully saturated rings. The first-order valence-electron chi connectivity index (χ1n) is 11.9. The van der Waals surface area contributed by atoms with E-state index in [1.807, 2.05) is 27.7 Å². The minimum Gasteiger partial charge on any atom is -0.368 e. The van der Waals surface area contributed by atoms with Gasteiger partial charge in [0.25, 0.3) is 0 Å². The smallest absolute Gasteiger partial charge is 0.163 e. The first kappa shape index (κ1) is 22.6. The Bertz CT molecular complexity index is 1320. The molecule has 184 valence electrons. The van der Waals surface area contributed by atoms with Gasteiger partial charge in [-0.2, -0.15) is 0 Å². The van der Waals surface area contributed by atoms with Gasteiger partial charge in [0.05, 0.1) is 16.2 Å². The van der Waals surface area contributed by atoms with Gasteiger partial charge in [-0.3, -0.25) is 0 Å². The monoisotopic (exact) mass is 499 g/mol. The molecule has 10 heteroatoms. The highest BCUT2D eigenvalue weighted by molar-refractivity contribution is 7.92. The SMILES string of the molecule is C[C@@H]1NC[C@@H](c2ccccc2)S(=O)(=O)C1Cc1cc(F)c(N2C[C@@H]3C(n4cnnc4)[C@@H]3C2)cc1F. The number of piperidine rings is 1. The number of nitrogens with one attached hydrogen (secondary N) is 1. The maximum atomic E-state index is 15.2. The van der Waals surface area contributed by atoms with Crippen LogP contribution in [-0.4, -0.2) is 54.1 Å². The van der Waals surface area contributed by atoms with Crippen LogP contribution in [-0.2, 0) is 16.3 Å². The van der Waals surface area contributed by atoms with Crippen LogP contribution in [0.25, 0.3) is 0 Å². The van der Waals surface area contributed by atoms with Crippen LogP contribution in [0.2, 0.25) is 0 Å². The summed E-state index contributed by atoms with van der Waals surface area (Å²) in [6.07, 6.45) is 3.31. The highest BCUT2D eigenvalue weighted by Gasteiger charge is 2.57. The maximum Gasteiger partial charge on any atom is 0.163 e. The molecule has 1 aliphatic carbocycles. The summed E-state index contributed by atoms with van der Waals surface area (Å²) in [5.74, 6) is -0.358. The molecule has 1 N–H and O–H groups in total. The summed E-state index contributed by atoms with van der Waals surface area (Å²) in [5, 5.41) is 9.39. The molecule has 0 amide bonds. The van der Waals surface area contributed by atoms with E-state index in [4.69, 9.17) is 0 Å². The molecule has 2 aliphatic heterocycles. The third kappa shape index (κ3) is 3.83. The highest BCUT2D eigenvalue weighted by Crippen LogP contribution is 2.56. The fourth-order valence-corrected chi connectivity index (χ4v) is 8.36. The van der Waals surface area contributed by atoms with Gasteiger partial charge < -0.3 is 14.8 Å². The Morgan fingerprint density at radius 3 is 2.40 bits per heavy atom. The van der Waals surface area contributed by atoms with Crippen LogP contribution in [0.5, 0.6) is 0 Å². The summed E-state index contributed by atoms with van der Waals surface area (Å²) in [6, 6.07) is 11.4. The minimum atomic E-state index is -3.62. The third-order valence-corrected chi connectivity index (χ3v) is 10.6. The van der Waals surface area contributed by atoms with Crippen molar-refractivity contribution in [2.24, 2.45) is 11.8 Å². The van der Waals surface area contributed by atoms with Crippen molar-refractivity contribution in [2.45, 2.75) is 35.9 Å². The Kier molecular flexibility index (Phi) is 5.41. The number of anilines is 1. The fraction of sp³-hybridized carbons (Fsp3) is 0.440. The first-order valence-corrected chi connectivity index (χ1v) is 13.5. The third-order valence-electron chi connectivity index (χ3n) is 7.98. The van der Waals surface area contributed by atoms with Crippen molar-refractivity contribution in [1.82, 2.24) is 20.1 Å². The van der Waals surface area contributed by atoms with Gasteiger partial charge in [0.2, 0.25) is 0 Å². The van der Waals surface area contributed by atoms with E-state index in [9.17, 15) is 8.42 Å². The lowest BCUT2D eigenvalue weighted by molar-refractivity contribution is 0.446. The Balaban J connectivity index is 1.20. The van der Waals surface area contributed by atoms with Crippen LogP contribution in [0.15, 0.2) is 55.1 Å². The van der Waals surface area contributed by atoms with Gasteiger partial charge in [-0.1, -0.05) is 30.3 Å². The van der Waals surface area contributed by atoms with Gasteiger partial charge in [-0.15, -0.1) is 10.2 Å². The molecule has 2 saturated heterocycles. The molecular formula is C25H27F2N5O2S. The molecule has 1 saturated carbocycles. The maximum absolute atomic E-state index is 15.2. The summed E-state index contributed by atoms with van der Waals surface area (Å²) in [7, 11) is -3.62. The molecule has 6 atom stereocenters. The number of rotatable bonds is 5. The largest absolute Gasteiger partial charge is 0.368 e. The lowest BCUT2D eigenvalue weighted by atomic mass is 10.0. The van der Waals surface area contributed by atoms with Gasteiger partial charge in [0.15, 0.2) is 9.84 Å². The summed E-state index contributed by atoms with van der Waals surface area (Å²) < 4.78 is 59.4. The van der Waals surface area contributed by atoms with Crippen molar-refractivity contribution in [2.75, 3.05) is 24.5 Å². The van der Waals surface area contributed by atoms with Crippen molar-refractivity contribution >= 4 is 15.5 Å². The van der Waals surface area contributed by atoms with Crippen molar-refractivity contribution in [3.8, 4) is 0 Å². The van der Waals surface area contributed by atoms with Crippen LogP contribution < -0.4 is 10.2 Å². The lowest BCUT2D eigenvalue weighted by Gasteiger charge is -2.35. The number of sulfone groups is 1. The van der Waals surface area contributed by atoms with E-state index in [-0.39, 0.29) is 23.7 Å². The molecular weight excluding hydrogens is 472 g/mol. The summed E-state index contributed by atoms with van der Waals surface area (Å²) in [4.78, 5) is 1.88. The Morgan fingerprint density at radius 2 is 1.71 bits per heavy atom. The van der Waals surface area contributed by atoms with Crippen LogP contribution in [0.3, 0.4) is 0 Å². The number of aromatic nitrogens is 3. The highest BCUT2D eigenvalue weighted by atomic mass is 32.2. The second kappa shape index (κ2) is 8.37. The standard InChI is InChI=1S/C25H27F2N5O2S/c1-15-23(35(33,34)24(10-28-15)16-5-3-2-4-6-16)8-17-7-21(27)22(9-20(17)26)31-11-18-19(12-31)25(18)32-13-29-30-14-32/h2-7,9,13-15,18-19,23-25,28H,8,10-12H2,1H3/t15-,18-,19+,23?,24-,25?/m0/s1. The van der Waals surface area contributed by atoms with Gasteiger partial charge in [-0.25, -0.2) is 17.2 Å². The molecule has 35 heavy (non-hydrogen) atoms. The van der Waals surface area contributed by atoms with E-state index in [0.717, 1.165) is 0 Å². The van der Waals surface area contributed by atoms with Crippen LogP contribution in [0.1, 0.15) is 29.3 Å². The van der Waals surface area contributed by atoms with Gasteiger partial charge in [0, 0.05) is 49.6 Å². The zero-order valence-corrected chi connectivity index (χ0v) is 20.1. The Morgan fingerprint density at radius 1 is 1.03 bits per heavy atom. The van der Waals surface area contributed by atoms with Gasteiger partial charge in [-0.05, 0) is 30.5 Å². The van der Waals surface area contributed by atoms with Crippen molar-refractivity contribution < 1.29 is 17.2 Å². The predicted molar refractivity (Wildman–Crippen MR) is 128 cm³/mol. The van der Waals surface area contributed by atoms with Crippen LogP contribution >= 0.6 is 0 Å². The first-order chi connectivity index (χ1) is 16.8. The van der Waals surface area contributed by atoms with Crippen molar-refractivity contribution in [1.29, 1.82) is 0 Å². The van der Waals surface area contributed by atoms with Crippen molar-refractivity contribution in [3.63, 3.8) is 0 Å². The molecule has 0 bridgehead atoms. The average molecular weight is 500 g/mol. The number of hydrogen-bond donors (Lipinski definition) is 1.